The average molecular weight is 237 g/mol. The van der Waals surface area contributed by atoms with E-state index in [2.05, 4.69) is 5.32 Å². The van der Waals surface area contributed by atoms with Crippen LogP contribution in [0.25, 0.3) is 0 Å². The topological polar surface area (TPSA) is 72.5 Å². The summed E-state index contributed by atoms with van der Waals surface area (Å²) < 4.78 is 26.4. The van der Waals surface area contributed by atoms with Crippen molar-refractivity contribution in [1.82, 2.24) is 5.32 Å². The average Bonchev–Trinajstić information content (AvgIpc) is 2.01. The third-order valence-electron chi connectivity index (χ3n) is 1.74. The molecule has 1 atom stereocenters. The molecule has 0 heterocycles. The van der Waals surface area contributed by atoms with E-state index in [1.165, 1.54) is 6.26 Å². The van der Waals surface area contributed by atoms with Crippen molar-refractivity contribution in [1.29, 1.82) is 0 Å². The fourth-order valence-electron chi connectivity index (χ4n) is 1.03. The van der Waals surface area contributed by atoms with Gasteiger partial charge in [-0.1, -0.05) is 0 Å². The molecular weight excluding hydrogens is 218 g/mol. The minimum atomic E-state index is -2.94. The summed E-state index contributed by atoms with van der Waals surface area (Å²) in [7, 11) is -2.94. The van der Waals surface area contributed by atoms with Gasteiger partial charge in [0.05, 0.1) is 18.8 Å². The molecule has 0 aromatic rings. The van der Waals surface area contributed by atoms with Crippen LogP contribution in [0.3, 0.4) is 0 Å². The Bertz CT molecular complexity index is 286. The van der Waals surface area contributed by atoms with Crippen LogP contribution in [-0.2, 0) is 19.4 Å². The van der Waals surface area contributed by atoms with Gasteiger partial charge in [0.25, 0.3) is 0 Å². The van der Waals surface area contributed by atoms with Gasteiger partial charge in [0.1, 0.15) is 9.84 Å². The molecule has 0 saturated heterocycles. The Kier molecular flexibility index (Phi) is 6.51. The Morgan fingerprint density at radius 1 is 1.47 bits per heavy atom. The van der Waals surface area contributed by atoms with Crippen LogP contribution in [-0.4, -0.2) is 45.6 Å². The Hall–Kier alpha value is -0.620. The Labute approximate surface area is 91.1 Å². The fourth-order valence-corrected chi connectivity index (χ4v) is 1.52. The summed E-state index contributed by atoms with van der Waals surface area (Å²) in [5, 5.41) is 2.95. The number of hydrogen-bond acceptors (Lipinski definition) is 5. The zero-order valence-corrected chi connectivity index (χ0v) is 10.3. The Morgan fingerprint density at radius 2 is 2.07 bits per heavy atom. The van der Waals surface area contributed by atoms with Crippen LogP contribution in [0.4, 0.5) is 0 Å². The van der Waals surface area contributed by atoms with Crippen LogP contribution < -0.4 is 5.32 Å². The minimum Gasteiger partial charge on any atom is -0.466 e. The zero-order chi connectivity index (χ0) is 11.9. The van der Waals surface area contributed by atoms with Gasteiger partial charge >= 0.3 is 5.97 Å². The van der Waals surface area contributed by atoms with Crippen molar-refractivity contribution in [2.75, 3.05) is 25.2 Å². The summed E-state index contributed by atoms with van der Waals surface area (Å²) in [5.74, 6) is -0.183. The molecule has 0 aliphatic rings. The van der Waals surface area contributed by atoms with Crippen LogP contribution in [0.2, 0.25) is 0 Å². The van der Waals surface area contributed by atoms with E-state index in [1.54, 1.807) is 6.92 Å². The van der Waals surface area contributed by atoms with E-state index >= 15 is 0 Å². The highest BCUT2D eigenvalue weighted by Crippen LogP contribution is 1.94. The molecular formula is C9H19NO4S. The second-order valence-electron chi connectivity index (χ2n) is 3.49. The first-order valence-corrected chi connectivity index (χ1v) is 6.98. The van der Waals surface area contributed by atoms with E-state index in [0.29, 0.717) is 13.2 Å². The molecule has 0 aliphatic carbocycles. The van der Waals surface area contributed by atoms with Crippen molar-refractivity contribution in [3.63, 3.8) is 0 Å². The fraction of sp³-hybridized carbons (Fsp3) is 0.889. The first kappa shape index (κ1) is 14.4. The molecule has 6 heteroatoms. The van der Waals surface area contributed by atoms with Crippen LogP contribution in [0.5, 0.6) is 0 Å². The Balaban J connectivity index is 3.66. The standard InChI is InChI=1S/C9H19NO4S/c1-4-14-9(11)7-8(2)10-5-6-15(3,12)13/h8,10H,4-7H2,1-3H3. The highest BCUT2D eigenvalue weighted by atomic mass is 32.2. The molecule has 0 aromatic heterocycles. The third kappa shape index (κ3) is 9.68. The maximum absolute atomic E-state index is 11.0. The molecule has 0 amide bonds. The highest BCUT2D eigenvalue weighted by molar-refractivity contribution is 7.90. The van der Waals surface area contributed by atoms with Gasteiger partial charge in [0.15, 0.2) is 0 Å². The monoisotopic (exact) mass is 237 g/mol. The summed E-state index contributed by atoms with van der Waals surface area (Å²) in [5.41, 5.74) is 0. The van der Waals surface area contributed by atoms with Crippen molar-refractivity contribution in [3.05, 3.63) is 0 Å². The van der Waals surface area contributed by atoms with Gasteiger partial charge in [-0.25, -0.2) is 8.42 Å². The number of ether oxygens (including phenoxy) is 1. The first-order chi connectivity index (χ1) is 6.85. The lowest BCUT2D eigenvalue weighted by Gasteiger charge is -2.12. The number of carbonyl (C=O) groups excluding carboxylic acids is 1. The number of nitrogens with one attached hydrogen (secondary N) is 1. The van der Waals surface area contributed by atoms with Gasteiger partial charge in [0, 0.05) is 18.8 Å². The van der Waals surface area contributed by atoms with E-state index in [4.69, 9.17) is 4.74 Å². The lowest BCUT2D eigenvalue weighted by Crippen LogP contribution is -2.32. The highest BCUT2D eigenvalue weighted by Gasteiger charge is 2.10. The lowest BCUT2D eigenvalue weighted by atomic mass is 10.2. The Morgan fingerprint density at radius 3 is 2.53 bits per heavy atom. The molecule has 1 N–H and O–H groups in total. The SMILES string of the molecule is CCOC(=O)CC(C)NCCS(C)(=O)=O. The van der Waals surface area contributed by atoms with E-state index in [1.807, 2.05) is 6.92 Å². The van der Waals surface area contributed by atoms with Crippen LogP contribution in [0.1, 0.15) is 20.3 Å². The van der Waals surface area contributed by atoms with E-state index in [-0.39, 0.29) is 24.2 Å². The maximum atomic E-state index is 11.0. The minimum absolute atomic E-state index is 0.0641. The van der Waals surface area contributed by atoms with E-state index in [9.17, 15) is 13.2 Å². The van der Waals surface area contributed by atoms with Crippen LogP contribution >= 0.6 is 0 Å². The smallest absolute Gasteiger partial charge is 0.307 e. The summed E-state index contributed by atoms with van der Waals surface area (Å²) >= 11 is 0. The molecule has 0 rings (SSSR count). The van der Waals surface area contributed by atoms with Gasteiger partial charge in [0.2, 0.25) is 0 Å². The van der Waals surface area contributed by atoms with Crippen LogP contribution in [0, 0.1) is 0 Å². The molecule has 1 unspecified atom stereocenters. The number of sulfone groups is 1. The van der Waals surface area contributed by atoms with Gasteiger partial charge < -0.3 is 10.1 Å². The molecule has 0 bridgehead atoms. The lowest BCUT2D eigenvalue weighted by molar-refractivity contribution is -0.143. The molecule has 0 saturated carbocycles. The maximum Gasteiger partial charge on any atom is 0.307 e. The van der Waals surface area contributed by atoms with Gasteiger partial charge in [-0.15, -0.1) is 0 Å². The van der Waals surface area contributed by atoms with E-state index < -0.39 is 9.84 Å². The normalized spacial score (nSPS) is 13.5. The third-order valence-corrected chi connectivity index (χ3v) is 2.69. The summed E-state index contributed by atoms with van der Waals surface area (Å²) in [4.78, 5) is 11.0. The summed E-state index contributed by atoms with van der Waals surface area (Å²) in [6.07, 6.45) is 1.45. The van der Waals surface area contributed by atoms with Crippen molar-refractivity contribution in [2.45, 2.75) is 26.3 Å². The molecule has 5 nitrogen and oxygen atoms in total. The van der Waals surface area contributed by atoms with Crippen molar-refractivity contribution in [2.24, 2.45) is 0 Å². The molecule has 90 valence electrons. The second kappa shape index (κ2) is 6.79. The molecule has 0 radical (unpaired) electrons. The molecule has 0 spiro atoms. The molecule has 0 aromatic carbocycles. The zero-order valence-electron chi connectivity index (χ0n) is 9.45. The second-order valence-corrected chi connectivity index (χ2v) is 5.75. The van der Waals surface area contributed by atoms with Gasteiger partial charge in [-0.05, 0) is 13.8 Å². The van der Waals surface area contributed by atoms with E-state index in [0.717, 1.165) is 0 Å². The molecule has 15 heavy (non-hydrogen) atoms. The predicted molar refractivity (Wildman–Crippen MR) is 58.4 cm³/mol. The van der Waals surface area contributed by atoms with Gasteiger partial charge in [-0.2, -0.15) is 0 Å². The summed E-state index contributed by atoms with van der Waals surface area (Å²) in [6.45, 7) is 4.30. The van der Waals surface area contributed by atoms with Crippen molar-refractivity contribution in [3.8, 4) is 0 Å². The van der Waals surface area contributed by atoms with Gasteiger partial charge in [-0.3, -0.25) is 4.79 Å². The number of rotatable bonds is 7. The molecule has 0 aliphatic heterocycles. The number of carbonyl (C=O) groups is 1. The number of esters is 1. The van der Waals surface area contributed by atoms with Crippen LogP contribution in [0.15, 0.2) is 0 Å². The first-order valence-electron chi connectivity index (χ1n) is 4.92. The molecule has 0 fully saturated rings. The quantitative estimate of drug-likeness (QED) is 0.629. The largest absolute Gasteiger partial charge is 0.466 e. The van der Waals surface area contributed by atoms with Crippen molar-refractivity contribution < 1.29 is 17.9 Å². The number of hydrogen-bond donors (Lipinski definition) is 1. The van der Waals surface area contributed by atoms with Crippen molar-refractivity contribution >= 4 is 15.8 Å². The summed E-state index contributed by atoms with van der Waals surface area (Å²) in [6, 6.07) is -0.0641. The predicted octanol–water partition coefficient (Wildman–Crippen LogP) is -0.0377.